The summed E-state index contributed by atoms with van der Waals surface area (Å²) in [4.78, 5) is 12.2. The fourth-order valence-corrected chi connectivity index (χ4v) is 3.16. The van der Waals surface area contributed by atoms with Crippen LogP contribution in [0.3, 0.4) is 0 Å². The number of carbonyl (C=O) groups excluding carboxylic acids is 1. The highest BCUT2D eigenvalue weighted by molar-refractivity contribution is 7.89. The highest BCUT2D eigenvalue weighted by Crippen LogP contribution is 2.19. The van der Waals surface area contributed by atoms with E-state index in [1.807, 2.05) is 13.8 Å². The Balaban J connectivity index is 3.20. The van der Waals surface area contributed by atoms with Gasteiger partial charge in [0.15, 0.2) is 0 Å². The average Bonchev–Trinajstić information content (AvgIpc) is 2.39. The molecule has 0 saturated carbocycles. The zero-order valence-corrected chi connectivity index (χ0v) is 13.0. The van der Waals surface area contributed by atoms with Crippen LogP contribution in [0.15, 0.2) is 41.3 Å². The fourth-order valence-electron chi connectivity index (χ4n) is 1.68. The van der Waals surface area contributed by atoms with E-state index in [-0.39, 0.29) is 17.0 Å². The lowest BCUT2D eigenvalue weighted by atomic mass is 10.2. The van der Waals surface area contributed by atoms with E-state index in [1.165, 1.54) is 19.1 Å². The summed E-state index contributed by atoms with van der Waals surface area (Å²) in [6.07, 6.45) is 1.44. The molecular formula is C15H21NO3S. The van der Waals surface area contributed by atoms with Crippen LogP contribution in [0, 0.1) is 6.92 Å². The number of sulfonamides is 1. The number of nitrogens with zero attached hydrogens (tertiary/aromatic N) is 1. The topological polar surface area (TPSA) is 54.5 Å². The first kappa shape index (κ1) is 16.4. The van der Waals surface area contributed by atoms with Crippen LogP contribution in [-0.4, -0.2) is 25.2 Å². The van der Waals surface area contributed by atoms with Gasteiger partial charge in [0, 0.05) is 12.1 Å². The Morgan fingerprint density at radius 2 is 1.80 bits per heavy atom. The fraction of sp³-hybridized carbons (Fsp3) is 0.400. The van der Waals surface area contributed by atoms with E-state index in [9.17, 15) is 13.2 Å². The van der Waals surface area contributed by atoms with Crippen LogP contribution in [0.25, 0.3) is 0 Å². The number of aryl methyl sites for hydroxylation is 1. The third kappa shape index (κ3) is 3.70. The van der Waals surface area contributed by atoms with E-state index in [0.29, 0.717) is 6.42 Å². The molecule has 1 aromatic carbocycles. The second-order valence-electron chi connectivity index (χ2n) is 4.83. The van der Waals surface area contributed by atoms with Gasteiger partial charge in [-0.05, 0) is 32.4 Å². The van der Waals surface area contributed by atoms with Crippen LogP contribution in [0.5, 0.6) is 0 Å². The zero-order chi connectivity index (χ0) is 15.3. The van der Waals surface area contributed by atoms with Gasteiger partial charge < -0.3 is 0 Å². The number of unbranched alkanes of at least 4 members (excludes halogenated alkanes) is 1. The molecule has 0 radical (unpaired) electrons. The standard InChI is InChI=1S/C15H21NO3S/c1-5-6-11-16(15(17)12(2)3)20(18,19)14-9-7-13(4)8-10-14/h7-10H,2,5-6,11H2,1,3-4H3. The van der Waals surface area contributed by atoms with Gasteiger partial charge in [-0.1, -0.05) is 37.6 Å². The number of hydrogen-bond acceptors (Lipinski definition) is 3. The first-order valence-corrected chi connectivity index (χ1v) is 8.04. The molecule has 0 N–H and O–H groups in total. The molecule has 1 aromatic rings. The lowest BCUT2D eigenvalue weighted by molar-refractivity contribution is -0.122. The Hall–Kier alpha value is -1.62. The molecular weight excluding hydrogens is 274 g/mol. The van der Waals surface area contributed by atoms with E-state index >= 15 is 0 Å². The minimum Gasteiger partial charge on any atom is -0.268 e. The van der Waals surface area contributed by atoms with Crippen molar-refractivity contribution in [3.05, 3.63) is 42.0 Å². The summed E-state index contributed by atoms with van der Waals surface area (Å²) in [5, 5.41) is 0. The molecule has 0 aliphatic carbocycles. The Labute approximate surface area is 121 Å². The van der Waals surface area contributed by atoms with Crippen molar-refractivity contribution in [2.24, 2.45) is 0 Å². The SMILES string of the molecule is C=C(C)C(=O)N(CCCC)S(=O)(=O)c1ccc(C)cc1. The average molecular weight is 295 g/mol. The maximum absolute atomic E-state index is 12.6. The monoisotopic (exact) mass is 295 g/mol. The molecule has 0 fully saturated rings. The molecule has 0 bridgehead atoms. The van der Waals surface area contributed by atoms with Crippen LogP contribution >= 0.6 is 0 Å². The second-order valence-corrected chi connectivity index (χ2v) is 6.69. The van der Waals surface area contributed by atoms with Crippen molar-refractivity contribution in [3.8, 4) is 0 Å². The van der Waals surface area contributed by atoms with Crippen molar-refractivity contribution >= 4 is 15.9 Å². The van der Waals surface area contributed by atoms with Crippen molar-refractivity contribution in [2.45, 2.75) is 38.5 Å². The van der Waals surface area contributed by atoms with Gasteiger partial charge >= 0.3 is 0 Å². The normalized spacial score (nSPS) is 11.2. The molecule has 4 nitrogen and oxygen atoms in total. The van der Waals surface area contributed by atoms with Gasteiger partial charge in [-0.2, -0.15) is 0 Å². The van der Waals surface area contributed by atoms with E-state index in [2.05, 4.69) is 6.58 Å². The van der Waals surface area contributed by atoms with E-state index in [1.54, 1.807) is 12.1 Å². The smallest absolute Gasteiger partial charge is 0.266 e. The van der Waals surface area contributed by atoms with Crippen LogP contribution in [0.1, 0.15) is 32.3 Å². The Morgan fingerprint density at radius 3 is 2.25 bits per heavy atom. The van der Waals surface area contributed by atoms with Gasteiger partial charge in [-0.15, -0.1) is 0 Å². The molecule has 0 aliphatic rings. The molecule has 0 atom stereocenters. The van der Waals surface area contributed by atoms with Gasteiger partial charge in [-0.25, -0.2) is 12.7 Å². The summed E-state index contributed by atoms with van der Waals surface area (Å²) in [5.74, 6) is -0.543. The van der Waals surface area contributed by atoms with Gasteiger partial charge in [0.05, 0.1) is 4.90 Å². The van der Waals surface area contributed by atoms with Crippen LogP contribution in [0.4, 0.5) is 0 Å². The summed E-state index contributed by atoms with van der Waals surface area (Å²) in [6, 6.07) is 6.48. The largest absolute Gasteiger partial charge is 0.268 e. The van der Waals surface area contributed by atoms with E-state index in [0.717, 1.165) is 16.3 Å². The van der Waals surface area contributed by atoms with Crippen molar-refractivity contribution in [3.63, 3.8) is 0 Å². The van der Waals surface area contributed by atoms with Gasteiger partial charge in [0.1, 0.15) is 0 Å². The van der Waals surface area contributed by atoms with Crippen molar-refractivity contribution < 1.29 is 13.2 Å². The Morgan fingerprint density at radius 1 is 1.25 bits per heavy atom. The molecule has 0 heterocycles. The summed E-state index contributed by atoms with van der Waals surface area (Å²) in [7, 11) is -3.81. The molecule has 1 rings (SSSR count). The number of benzene rings is 1. The Kier molecular flexibility index (Phi) is 5.51. The number of hydrogen-bond donors (Lipinski definition) is 0. The van der Waals surface area contributed by atoms with Crippen LogP contribution in [-0.2, 0) is 14.8 Å². The zero-order valence-electron chi connectivity index (χ0n) is 12.2. The highest BCUT2D eigenvalue weighted by atomic mass is 32.2. The molecule has 0 saturated heterocycles. The lowest BCUT2D eigenvalue weighted by Gasteiger charge is -2.22. The lowest BCUT2D eigenvalue weighted by Crippen LogP contribution is -2.38. The molecule has 5 heteroatoms. The third-order valence-electron chi connectivity index (χ3n) is 2.92. The van der Waals surface area contributed by atoms with Crippen molar-refractivity contribution in [1.29, 1.82) is 0 Å². The minimum atomic E-state index is -3.81. The van der Waals surface area contributed by atoms with Gasteiger partial charge in [0.2, 0.25) is 0 Å². The van der Waals surface area contributed by atoms with E-state index in [4.69, 9.17) is 0 Å². The van der Waals surface area contributed by atoms with Crippen molar-refractivity contribution in [2.75, 3.05) is 6.54 Å². The first-order valence-electron chi connectivity index (χ1n) is 6.60. The molecule has 110 valence electrons. The minimum absolute atomic E-state index is 0.133. The maximum Gasteiger partial charge on any atom is 0.266 e. The number of amides is 1. The number of carbonyl (C=O) groups is 1. The highest BCUT2D eigenvalue weighted by Gasteiger charge is 2.28. The maximum atomic E-state index is 12.6. The summed E-state index contributed by atoms with van der Waals surface area (Å²) in [6.45, 7) is 9.07. The molecule has 20 heavy (non-hydrogen) atoms. The second kappa shape index (κ2) is 6.70. The summed E-state index contributed by atoms with van der Waals surface area (Å²) >= 11 is 0. The van der Waals surface area contributed by atoms with Gasteiger partial charge in [0.25, 0.3) is 15.9 Å². The molecule has 1 amide bonds. The van der Waals surface area contributed by atoms with Crippen molar-refractivity contribution in [1.82, 2.24) is 4.31 Å². The summed E-state index contributed by atoms with van der Waals surface area (Å²) in [5.41, 5.74) is 1.19. The van der Waals surface area contributed by atoms with Gasteiger partial charge in [-0.3, -0.25) is 4.79 Å². The van der Waals surface area contributed by atoms with E-state index < -0.39 is 15.9 Å². The van der Waals surface area contributed by atoms with Crippen LogP contribution < -0.4 is 0 Å². The predicted octanol–water partition coefficient (Wildman–Crippen LogP) is 2.89. The van der Waals surface area contributed by atoms with Crippen LogP contribution in [0.2, 0.25) is 0 Å². The molecule has 0 unspecified atom stereocenters. The Bertz CT molecular complexity index is 588. The molecule has 0 aromatic heterocycles. The predicted molar refractivity (Wildman–Crippen MR) is 79.8 cm³/mol. The summed E-state index contributed by atoms with van der Waals surface area (Å²) < 4.78 is 26.0. The third-order valence-corrected chi connectivity index (χ3v) is 4.71. The first-order chi connectivity index (χ1) is 9.30. The molecule has 0 spiro atoms. The number of rotatable bonds is 6. The quantitative estimate of drug-likeness (QED) is 0.758. The molecule has 0 aliphatic heterocycles.